The summed E-state index contributed by atoms with van der Waals surface area (Å²) in [7, 11) is 1.64. The Bertz CT molecular complexity index is 1100. The lowest BCUT2D eigenvalue weighted by Crippen LogP contribution is -2.41. The van der Waals surface area contributed by atoms with E-state index in [9.17, 15) is 4.79 Å². The first-order chi connectivity index (χ1) is 15.5. The maximum atomic E-state index is 13.4. The van der Waals surface area contributed by atoms with Crippen molar-refractivity contribution in [2.45, 2.75) is 26.3 Å². The molecule has 1 atom stereocenters. The van der Waals surface area contributed by atoms with Gasteiger partial charge in [0.15, 0.2) is 11.5 Å². The van der Waals surface area contributed by atoms with Crippen molar-refractivity contribution in [3.63, 3.8) is 0 Å². The van der Waals surface area contributed by atoms with Gasteiger partial charge < -0.3 is 19.1 Å². The molecule has 0 aromatic heterocycles. The van der Waals surface area contributed by atoms with Crippen LogP contribution in [0.15, 0.2) is 60.7 Å². The number of carbonyl (C=O) groups excluding carboxylic acids is 1. The number of amides is 1. The monoisotopic (exact) mass is 451 g/mol. The van der Waals surface area contributed by atoms with E-state index < -0.39 is 0 Å². The first-order valence-corrected chi connectivity index (χ1v) is 11.1. The molecular weight excluding hydrogens is 426 g/mol. The minimum absolute atomic E-state index is 0.00671. The highest BCUT2D eigenvalue weighted by Crippen LogP contribution is 2.43. The molecule has 32 heavy (non-hydrogen) atoms. The van der Waals surface area contributed by atoms with Gasteiger partial charge in [-0.15, -0.1) is 0 Å². The zero-order valence-corrected chi connectivity index (χ0v) is 19.2. The Hall–Kier alpha value is -3.18. The zero-order chi connectivity index (χ0) is 22.7. The molecule has 0 radical (unpaired) electrons. The minimum Gasteiger partial charge on any atom is -0.497 e. The molecule has 6 heteroatoms. The molecule has 0 saturated heterocycles. The number of hydrogen-bond donors (Lipinski definition) is 0. The SMILES string of the molecule is CCOc1cc2c(cc1OCC)[C@H](c1ccc(OC)cc1)N(c1ccc(Cl)cc1)C(=O)C2. The van der Waals surface area contributed by atoms with Gasteiger partial charge in [0, 0.05) is 10.7 Å². The Morgan fingerprint density at radius 2 is 1.56 bits per heavy atom. The molecule has 0 N–H and O–H groups in total. The summed E-state index contributed by atoms with van der Waals surface area (Å²) in [5, 5.41) is 0.625. The van der Waals surface area contributed by atoms with Crippen LogP contribution in [0.2, 0.25) is 5.02 Å². The molecule has 0 saturated carbocycles. The molecule has 0 spiro atoms. The fraction of sp³-hybridized carbons (Fsp3) is 0.269. The summed E-state index contributed by atoms with van der Waals surface area (Å²) in [6.45, 7) is 4.92. The van der Waals surface area contributed by atoms with Crippen LogP contribution in [0, 0.1) is 0 Å². The van der Waals surface area contributed by atoms with Gasteiger partial charge in [0.05, 0.1) is 32.8 Å². The molecule has 166 valence electrons. The average Bonchev–Trinajstić information content (AvgIpc) is 2.80. The lowest BCUT2D eigenvalue weighted by Gasteiger charge is -2.38. The molecule has 1 aliphatic heterocycles. The van der Waals surface area contributed by atoms with Crippen LogP contribution in [0.5, 0.6) is 17.2 Å². The molecule has 1 amide bonds. The Morgan fingerprint density at radius 3 is 2.16 bits per heavy atom. The second kappa shape index (κ2) is 9.53. The van der Waals surface area contributed by atoms with Gasteiger partial charge in [0.1, 0.15) is 5.75 Å². The summed E-state index contributed by atoms with van der Waals surface area (Å²) >= 11 is 6.11. The number of anilines is 1. The quantitative estimate of drug-likeness (QED) is 0.453. The van der Waals surface area contributed by atoms with Crippen molar-refractivity contribution < 1.29 is 19.0 Å². The van der Waals surface area contributed by atoms with Gasteiger partial charge >= 0.3 is 0 Å². The van der Waals surface area contributed by atoms with Crippen molar-refractivity contribution in [1.82, 2.24) is 0 Å². The fourth-order valence-electron chi connectivity index (χ4n) is 4.10. The van der Waals surface area contributed by atoms with Crippen molar-refractivity contribution in [3.05, 3.63) is 82.4 Å². The van der Waals surface area contributed by atoms with Gasteiger partial charge in [-0.2, -0.15) is 0 Å². The number of benzene rings is 3. The number of nitrogens with zero attached hydrogens (tertiary/aromatic N) is 1. The van der Waals surface area contributed by atoms with Gasteiger partial charge in [-0.1, -0.05) is 23.7 Å². The number of fused-ring (bicyclic) bond motifs is 1. The topological polar surface area (TPSA) is 48.0 Å². The number of rotatable bonds is 7. The first kappa shape index (κ1) is 22.0. The van der Waals surface area contributed by atoms with Crippen LogP contribution in [0.25, 0.3) is 0 Å². The molecule has 0 aliphatic carbocycles. The van der Waals surface area contributed by atoms with E-state index in [-0.39, 0.29) is 18.4 Å². The van der Waals surface area contributed by atoms with Crippen molar-refractivity contribution in [3.8, 4) is 17.2 Å². The number of halogens is 1. The highest BCUT2D eigenvalue weighted by Gasteiger charge is 2.36. The predicted octanol–water partition coefficient (Wildman–Crippen LogP) is 5.82. The number of methoxy groups -OCH3 is 1. The molecule has 0 unspecified atom stereocenters. The highest BCUT2D eigenvalue weighted by atomic mass is 35.5. The van der Waals surface area contributed by atoms with Crippen LogP contribution in [0.3, 0.4) is 0 Å². The third-order valence-corrected chi connectivity index (χ3v) is 5.76. The minimum atomic E-state index is -0.326. The summed E-state index contributed by atoms with van der Waals surface area (Å²) in [5.41, 5.74) is 3.71. The summed E-state index contributed by atoms with van der Waals surface area (Å²) in [5.74, 6) is 2.11. The molecule has 1 aliphatic rings. The van der Waals surface area contributed by atoms with E-state index in [0.29, 0.717) is 29.7 Å². The van der Waals surface area contributed by atoms with Gasteiger partial charge in [0.25, 0.3) is 0 Å². The van der Waals surface area contributed by atoms with E-state index in [1.165, 1.54) is 0 Å². The summed E-state index contributed by atoms with van der Waals surface area (Å²) in [4.78, 5) is 15.3. The maximum absolute atomic E-state index is 13.4. The van der Waals surface area contributed by atoms with Gasteiger partial charge in [-0.05, 0) is 79.1 Å². The van der Waals surface area contributed by atoms with Crippen LogP contribution in [-0.4, -0.2) is 26.2 Å². The molecule has 0 bridgehead atoms. The van der Waals surface area contributed by atoms with Crippen LogP contribution < -0.4 is 19.1 Å². The van der Waals surface area contributed by atoms with Gasteiger partial charge in [-0.3, -0.25) is 4.79 Å². The Kier molecular flexibility index (Phi) is 6.56. The van der Waals surface area contributed by atoms with E-state index in [4.69, 9.17) is 25.8 Å². The summed E-state index contributed by atoms with van der Waals surface area (Å²) < 4.78 is 17.0. The fourth-order valence-corrected chi connectivity index (χ4v) is 4.23. The average molecular weight is 452 g/mol. The van der Waals surface area contributed by atoms with Gasteiger partial charge in [-0.25, -0.2) is 0 Å². The predicted molar refractivity (Wildman–Crippen MR) is 126 cm³/mol. The van der Waals surface area contributed by atoms with E-state index in [2.05, 4.69) is 0 Å². The zero-order valence-electron chi connectivity index (χ0n) is 18.4. The molecular formula is C26H26ClNO4. The maximum Gasteiger partial charge on any atom is 0.232 e. The van der Waals surface area contributed by atoms with E-state index in [1.807, 2.05) is 67.3 Å². The largest absolute Gasteiger partial charge is 0.497 e. The van der Waals surface area contributed by atoms with E-state index >= 15 is 0 Å². The number of hydrogen-bond acceptors (Lipinski definition) is 4. The third kappa shape index (κ3) is 4.26. The van der Waals surface area contributed by atoms with Crippen LogP contribution in [-0.2, 0) is 11.2 Å². The standard InChI is InChI=1S/C26H26ClNO4/c1-4-31-23-14-18-15-25(29)28(20-10-8-19(27)9-11-20)26(22(18)16-24(23)32-5-2)17-6-12-21(30-3)13-7-17/h6-14,16,26H,4-5,15H2,1-3H3/t26-/m0/s1. The molecule has 1 heterocycles. The van der Waals surface area contributed by atoms with Crippen LogP contribution in [0.1, 0.15) is 36.6 Å². The smallest absolute Gasteiger partial charge is 0.232 e. The highest BCUT2D eigenvalue weighted by molar-refractivity contribution is 6.30. The summed E-state index contributed by atoms with van der Waals surface area (Å²) in [6, 6.07) is 18.8. The second-order valence-electron chi connectivity index (χ2n) is 7.46. The van der Waals surface area contributed by atoms with Crippen LogP contribution >= 0.6 is 11.6 Å². The Labute approximate surface area is 193 Å². The lowest BCUT2D eigenvalue weighted by atomic mass is 9.86. The number of ether oxygens (including phenoxy) is 3. The lowest BCUT2D eigenvalue weighted by molar-refractivity contribution is -0.118. The Balaban J connectivity index is 1.90. The van der Waals surface area contributed by atoms with Crippen molar-refractivity contribution >= 4 is 23.2 Å². The third-order valence-electron chi connectivity index (χ3n) is 5.50. The molecule has 3 aromatic rings. The summed E-state index contributed by atoms with van der Waals surface area (Å²) in [6.07, 6.45) is 0.275. The first-order valence-electron chi connectivity index (χ1n) is 10.7. The normalized spacial score (nSPS) is 15.3. The van der Waals surface area contributed by atoms with Crippen molar-refractivity contribution in [1.29, 1.82) is 0 Å². The van der Waals surface area contributed by atoms with Crippen molar-refractivity contribution in [2.24, 2.45) is 0 Å². The molecule has 4 rings (SSSR count). The molecule has 5 nitrogen and oxygen atoms in total. The second-order valence-corrected chi connectivity index (χ2v) is 7.89. The van der Waals surface area contributed by atoms with E-state index in [1.54, 1.807) is 19.2 Å². The Morgan fingerprint density at radius 1 is 0.938 bits per heavy atom. The van der Waals surface area contributed by atoms with E-state index in [0.717, 1.165) is 28.1 Å². The molecule has 3 aromatic carbocycles. The van der Waals surface area contributed by atoms with Crippen LogP contribution in [0.4, 0.5) is 5.69 Å². The van der Waals surface area contributed by atoms with Gasteiger partial charge in [0.2, 0.25) is 5.91 Å². The molecule has 0 fully saturated rings. The van der Waals surface area contributed by atoms with Crippen molar-refractivity contribution in [2.75, 3.05) is 25.2 Å². The number of carbonyl (C=O) groups is 1.